The fraction of sp³-hybridized carbons (Fsp3) is 0.357. The van der Waals surface area contributed by atoms with Crippen LogP contribution < -0.4 is 10.1 Å². The van der Waals surface area contributed by atoms with Gasteiger partial charge in [0.2, 0.25) is 0 Å². The van der Waals surface area contributed by atoms with E-state index in [1.165, 1.54) is 0 Å². The zero-order valence-corrected chi connectivity index (χ0v) is 12.4. The molecule has 5 heteroatoms. The molecule has 1 heterocycles. The summed E-state index contributed by atoms with van der Waals surface area (Å²) in [6, 6.07) is 7.45. The number of hydrogen-bond acceptors (Lipinski definition) is 4. The monoisotopic (exact) mass is 296 g/mol. The normalized spacial score (nSPS) is 10.6. The van der Waals surface area contributed by atoms with Gasteiger partial charge in [-0.1, -0.05) is 24.6 Å². The quantitative estimate of drug-likeness (QED) is 0.849. The van der Waals surface area contributed by atoms with E-state index in [0.29, 0.717) is 11.6 Å². The number of aromatic nitrogens is 1. The van der Waals surface area contributed by atoms with E-state index in [4.69, 9.17) is 16.3 Å². The maximum absolute atomic E-state index is 5.90. The molecule has 0 bridgehead atoms. The largest absolute Gasteiger partial charge is 0.493 e. The molecule has 0 aliphatic heterocycles. The van der Waals surface area contributed by atoms with Gasteiger partial charge in [0.1, 0.15) is 5.75 Å². The molecule has 2 rings (SSSR count). The Morgan fingerprint density at radius 2 is 2.32 bits per heavy atom. The third kappa shape index (κ3) is 4.82. The smallest absolute Gasteiger partial charge is 0.120 e. The van der Waals surface area contributed by atoms with Crippen molar-refractivity contribution in [2.45, 2.75) is 19.9 Å². The van der Waals surface area contributed by atoms with E-state index >= 15 is 0 Å². The lowest BCUT2D eigenvalue weighted by atomic mass is 10.3. The number of benzene rings is 1. The third-order valence-corrected chi connectivity index (χ3v) is 3.73. The van der Waals surface area contributed by atoms with E-state index in [9.17, 15) is 0 Å². The van der Waals surface area contributed by atoms with Crippen LogP contribution in [0.15, 0.2) is 29.6 Å². The van der Waals surface area contributed by atoms with Crippen molar-refractivity contribution < 1.29 is 4.74 Å². The van der Waals surface area contributed by atoms with Crippen LogP contribution in [0.1, 0.15) is 17.6 Å². The number of rotatable bonds is 7. The van der Waals surface area contributed by atoms with Gasteiger partial charge in [0.15, 0.2) is 0 Å². The maximum Gasteiger partial charge on any atom is 0.120 e. The molecule has 2 aromatic rings. The van der Waals surface area contributed by atoms with Crippen molar-refractivity contribution in [2.24, 2.45) is 0 Å². The summed E-state index contributed by atoms with van der Waals surface area (Å²) >= 11 is 7.58. The summed E-state index contributed by atoms with van der Waals surface area (Å²) in [5, 5.41) is 7.16. The molecule has 0 aliphatic carbocycles. The van der Waals surface area contributed by atoms with Gasteiger partial charge in [-0.05, 0) is 24.7 Å². The summed E-state index contributed by atoms with van der Waals surface area (Å²) in [5.41, 5.74) is 1.10. The first kappa shape index (κ1) is 14.3. The topological polar surface area (TPSA) is 34.1 Å². The van der Waals surface area contributed by atoms with Crippen molar-refractivity contribution in [1.82, 2.24) is 10.3 Å². The van der Waals surface area contributed by atoms with Gasteiger partial charge in [-0.25, -0.2) is 4.98 Å². The van der Waals surface area contributed by atoms with Crippen molar-refractivity contribution >= 4 is 22.9 Å². The zero-order chi connectivity index (χ0) is 13.5. The van der Waals surface area contributed by atoms with Crippen LogP contribution in [0.2, 0.25) is 5.02 Å². The lowest BCUT2D eigenvalue weighted by Crippen LogP contribution is -2.12. The lowest BCUT2D eigenvalue weighted by Gasteiger charge is -2.04. The third-order valence-electron chi connectivity index (χ3n) is 2.54. The highest BCUT2D eigenvalue weighted by Crippen LogP contribution is 2.17. The van der Waals surface area contributed by atoms with Crippen molar-refractivity contribution in [3.63, 3.8) is 0 Å². The van der Waals surface area contributed by atoms with Crippen LogP contribution in [0.5, 0.6) is 5.75 Å². The zero-order valence-electron chi connectivity index (χ0n) is 10.9. The highest BCUT2D eigenvalue weighted by molar-refractivity contribution is 7.09. The van der Waals surface area contributed by atoms with Gasteiger partial charge < -0.3 is 10.1 Å². The summed E-state index contributed by atoms with van der Waals surface area (Å²) in [4.78, 5) is 4.55. The summed E-state index contributed by atoms with van der Waals surface area (Å²) < 4.78 is 5.65. The van der Waals surface area contributed by atoms with Crippen LogP contribution in [0.4, 0.5) is 0 Å². The van der Waals surface area contributed by atoms with E-state index in [-0.39, 0.29) is 0 Å². The molecule has 0 fully saturated rings. The molecule has 1 N–H and O–H groups in total. The van der Waals surface area contributed by atoms with E-state index < -0.39 is 0 Å². The Bertz CT molecular complexity index is 516. The minimum Gasteiger partial charge on any atom is -0.493 e. The molecule has 0 aliphatic rings. The van der Waals surface area contributed by atoms with Crippen LogP contribution in [-0.4, -0.2) is 18.1 Å². The maximum atomic E-state index is 5.90. The molecule has 19 heavy (non-hydrogen) atoms. The summed E-state index contributed by atoms with van der Waals surface area (Å²) in [5.74, 6) is 0.803. The number of thiazole rings is 1. The van der Waals surface area contributed by atoms with Crippen LogP contribution >= 0.6 is 22.9 Å². The lowest BCUT2D eigenvalue weighted by molar-refractivity contribution is 0.321. The van der Waals surface area contributed by atoms with Crippen LogP contribution in [0, 0.1) is 0 Å². The fourth-order valence-corrected chi connectivity index (χ4v) is 2.57. The van der Waals surface area contributed by atoms with Crippen molar-refractivity contribution in [1.29, 1.82) is 0 Å². The van der Waals surface area contributed by atoms with Gasteiger partial charge in [0, 0.05) is 23.4 Å². The summed E-state index contributed by atoms with van der Waals surface area (Å²) in [6.07, 6.45) is 0.823. The first-order valence-corrected chi connectivity index (χ1v) is 7.56. The van der Waals surface area contributed by atoms with Gasteiger partial charge >= 0.3 is 0 Å². The summed E-state index contributed by atoms with van der Waals surface area (Å²) in [6.45, 7) is 4.51. The van der Waals surface area contributed by atoms with Gasteiger partial charge in [0.05, 0.1) is 17.3 Å². The Kier molecular flexibility index (Phi) is 5.63. The molecule has 0 saturated heterocycles. The van der Waals surface area contributed by atoms with Crippen LogP contribution in [0.3, 0.4) is 0 Å². The molecular weight excluding hydrogens is 280 g/mol. The minimum atomic E-state index is 0.620. The highest BCUT2D eigenvalue weighted by atomic mass is 35.5. The number of ether oxygens (including phenoxy) is 1. The molecule has 0 radical (unpaired) electrons. The minimum absolute atomic E-state index is 0.620. The second-order valence-corrected chi connectivity index (χ2v) is 5.45. The molecule has 1 aromatic carbocycles. The van der Waals surface area contributed by atoms with Crippen molar-refractivity contribution in [3.05, 3.63) is 45.4 Å². The Morgan fingerprint density at radius 1 is 1.42 bits per heavy atom. The van der Waals surface area contributed by atoms with Gasteiger partial charge in [0.25, 0.3) is 0 Å². The Labute approximate surface area is 122 Å². The highest BCUT2D eigenvalue weighted by Gasteiger charge is 2.02. The van der Waals surface area contributed by atoms with Crippen LogP contribution in [0.25, 0.3) is 0 Å². The SMILES string of the molecule is CCNCc1csc(CCOc2cccc(Cl)c2)n1. The molecule has 0 amide bonds. The summed E-state index contributed by atoms with van der Waals surface area (Å²) in [7, 11) is 0. The first-order chi connectivity index (χ1) is 9.28. The predicted octanol–water partition coefficient (Wildman–Crippen LogP) is 3.53. The average Bonchev–Trinajstić information content (AvgIpc) is 2.84. The van der Waals surface area contributed by atoms with Gasteiger partial charge in [-0.3, -0.25) is 0 Å². The standard InChI is InChI=1S/C14H17ClN2OS/c1-2-16-9-12-10-19-14(17-12)6-7-18-13-5-3-4-11(15)8-13/h3-5,8,10,16H,2,6-7,9H2,1H3. The second kappa shape index (κ2) is 7.48. The van der Waals surface area contributed by atoms with Crippen LogP contribution in [-0.2, 0) is 13.0 Å². The van der Waals surface area contributed by atoms with Crippen molar-refractivity contribution in [2.75, 3.05) is 13.2 Å². The van der Waals surface area contributed by atoms with Gasteiger partial charge in [-0.2, -0.15) is 0 Å². The van der Waals surface area contributed by atoms with Crippen molar-refractivity contribution in [3.8, 4) is 5.75 Å². The number of halogens is 1. The first-order valence-electron chi connectivity index (χ1n) is 6.30. The Balaban J connectivity index is 1.77. The molecule has 3 nitrogen and oxygen atoms in total. The van der Waals surface area contributed by atoms with E-state index in [2.05, 4.69) is 22.6 Å². The molecule has 0 saturated carbocycles. The van der Waals surface area contributed by atoms with Gasteiger partial charge in [-0.15, -0.1) is 11.3 Å². The number of nitrogens with one attached hydrogen (secondary N) is 1. The number of nitrogens with zero attached hydrogens (tertiary/aromatic N) is 1. The number of hydrogen-bond donors (Lipinski definition) is 1. The molecule has 0 atom stereocenters. The Hall–Kier alpha value is -1.10. The predicted molar refractivity (Wildman–Crippen MR) is 80.1 cm³/mol. The molecule has 0 spiro atoms. The molecule has 1 aromatic heterocycles. The Morgan fingerprint density at radius 3 is 3.11 bits per heavy atom. The van der Waals surface area contributed by atoms with E-state index in [1.807, 2.05) is 24.3 Å². The average molecular weight is 297 g/mol. The molecule has 102 valence electrons. The molecular formula is C14H17ClN2OS. The van der Waals surface area contributed by atoms with E-state index in [0.717, 1.165) is 36.0 Å². The molecule has 0 unspecified atom stereocenters. The second-order valence-electron chi connectivity index (χ2n) is 4.07. The van der Waals surface area contributed by atoms with E-state index in [1.54, 1.807) is 11.3 Å². The fourth-order valence-electron chi connectivity index (χ4n) is 1.61.